The maximum absolute atomic E-state index is 12.9. The Bertz CT molecular complexity index is 1590. The SMILES string of the molecule is CC/C=C\C/C=C\C/C=C\C/C=C\C/C=C\C/C=C\CCCCCCCCCCCCCCCCCCCCC(=O)OC(COC(=O)CCCCCCCCC/C=C\CCCCCCCCC)COC(OCC[N+](C)(C)C)C(=O)O. The molecule has 0 aliphatic rings. The number of esters is 2. The summed E-state index contributed by atoms with van der Waals surface area (Å²) < 4.78 is 22.9. The van der Waals surface area contributed by atoms with E-state index < -0.39 is 24.3 Å². The van der Waals surface area contributed by atoms with Gasteiger partial charge < -0.3 is 28.5 Å². The number of unbranched alkanes of at least 4 members (excludes halogenated alkanes) is 32. The van der Waals surface area contributed by atoms with Crippen LogP contribution >= 0.6 is 0 Å². The van der Waals surface area contributed by atoms with E-state index in [-0.39, 0.29) is 32.2 Å². The summed E-state index contributed by atoms with van der Waals surface area (Å²) in [4.78, 5) is 37.5. The van der Waals surface area contributed by atoms with Crippen LogP contribution in [0.4, 0.5) is 0 Å². The smallest absolute Gasteiger partial charge is 0.361 e. The van der Waals surface area contributed by atoms with Gasteiger partial charge in [-0.05, 0) is 89.9 Å². The molecule has 462 valence electrons. The second-order valence-electron chi connectivity index (χ2n) is 23.4. The normalized spacial score (nSPS) is 13.3. The van der Waals surface area contributed by atoms with Gasteiger partial charge in [0.25, 0.3) is 6.29 Å². The lowest BCUT2D eigenvalue weighted by Crippen LogP contribution is -2.40. The summed E-state index contributed by atoms with van der Waals surface area (Å²) in [6.07, 6.45) is 79.7. The number of likely N-dealkylation sites (N-methyl/N-ethyl adjacent to an activating group) is 1. The number of aliphatic carboxylic acids is 1. The van der Waals surface area contributed by atoms with Crippen LogP contribution < -0.4 is 0 Å². The summed E-state index contributed by atoms with van der Waals surface area (Å²) in [6, 6.07) is 0. The first-order valence-electron chi connectivity index (χ1n) is 33.3. The third kappa shape index (κ3) is 62.1. The predicted octanol–water partition coefficient (Wildman–Crippen LogP) is 20.3. The van der Waals surface area contributed by atoms with Crippen molar-refractivity contribution in [2.45, 2.75) is 302 Å². The Morgan fingerprint density at radius 2 is 0.713 bits per heavy atom. The number of carboxylic acid groups (broad SMARTS) is 1. The van der Waals surface area contributed by atoms with Gasteiger partial charge in [0.2, 0.25) is 0 Å². The van der Waals surface area contributed by atoms with Gasteiger partial charge in [-0.1, -0.05) is 272 Å². The monoisotopic (exact) mass is 1120 g/mol. The molecule has 0 aromatic rings. The molecule has 9 nitrogen and oxygen atoms in total. The minimum Gasteiger partial charge on any atom is -0.477 e. The van der Waals surface area contributed by atoms with Gasteiger partial charge >= 0.3 is 17.9 Å². The fraction of sp³-hybridized carbons (Fsp3) is 0.761. The number of carbonyl (C=O) groups is 3. The summed E-state index contributed by atoms with van der Waals surface area (Å²) in [5.41, 5.74) is 0. The Hall–Kier alpha value is -3.53. The number of nitrogens with zero attached hydrogens (tertiary/aromatic N) is 1. The van der Waals surface area contributed by atoms with E-state index in [2.05, 4.69) is 98.9 Å². The number of rotatable bonds is 61. The molecule has 1 N–H and O–H groups in total. The van der Waals surface area contributed by atoms with Crippen LogP contribution in [0, 0.1) is 0 Å². The molecule has 0 saturated heterocycles. The predicted molar refractivity (Wildman–Crippen MR) is 341 cm³/mol. The fourth-order valence-corrected chi connectivity index (χ4v) is 9.31. The minimum absolute atomic E-state index is 0.184. The summed E-state index contributed by atoms with van der Waals surface area (Å²) in [6.45, 7) is 4.78. The van der Waals surface area contributed by atoms with Crippen LogP contribution in [-0.2, 0) is 33.3 Å². The zero-order chi connectivity index (χ0) is 58.3. The van der Waals surface area contributed by atoms with Gasteiger partial charge in [-0.3, -0.25) is 9.59 Å². The molecule has 0 spiro atoms. The molecule has 0 aromatic heterocycles. The van der Waals surface area contributed by atoms with Gasteiger partial charge in [0.15, 0.2) is 6.10 Å². The van der Waals surface area contributed by atoms with E-state index in [1.165, 1.54) is 186 Å². The van der Waals surface area contributed by atoms with E-state index in [1.54, 1.807) is 0 Å². The van der Waals surface area contributed by atoms with E-state index in [0.717, 1.165) is 77.0 Å². The van der Waals surface area contributed by atoms with Crippen molar-refractivity contribution >= 4 is 17.9 Å². The van der Waals surface area contributed by atoms with Crippen molar-refractivity contribution in [2.75, 3.05) is 47.5 Å². The molecule has 0 radical (unpaired) electrons. The highest BCUT2D eigenvalue weighted by Crippen LogP contribution is 2.17. The summed E-state index contributed by atoms with van der Waals surface area (Å²) in [5, 5.41) is 9.72. The van der Waals surface area contributed by atoms with Crippen molar-refractivity contribution < 1.29 is 42.9 Å². The Balaban J connectivity index is 4.07. The van der Waals surface area contributed by atoms with Crippen LogP contribution in [0.1, 0.15) is 290 Å². The number of allylic oxidation sites excluding steroid dienone is 14. The van der Waals surface area contributed by atoms with Crippen molar-refractivity contribution in [1.82, 2.24) is 0 Å². The quantitative estimate of drug-likeness (QED) is 0.0211. The highest BCUT2D eigenvalue weighted by atomic mass is 16.7. The zero-order valence-corrected chi connectivity index (χ0v) is 52.7. The molecule has 0 saturated carbocycles. The summed E-state index contributed by atoms with van der Waals surface area (Å²) in [7, 11) is 5.98. The van der Waals surface area contributed by atoms with Crippen LogP contribution in [0.5, 0.6) is 0 Å². The third-order valence-electron chi connectivity index (χ3n) is 14.4. The summed E-state index contributed by atoms with van der Waals surface area (Å²) >= 11 is 0. The number of carbonyl (C=O) groups excluding carboxylic acids is 2. The maximum Gasteiger partial charge on any atom is 0.361 e. The van der Waals surface area contributed by atoms with Gasteiger partial charge in [-0.25, -0.2) is 4.79 Å². The van der Waals surface area contributed by atoms with Crippen molar-refractivity contribution in [3.05, 3.63) is 85.1 Å². The molecular formula is C71H126NO8+. The molecule has 0 amide bonds. The Morgan fingerprint density at radius 3 is 1.07 bits per heavy atom. The van der Waals surface area contributed by atoms with E-state index in [4.69, 9.17) is 18.9 Å². The maximum atomic E-state index is 12.9. The van der Waals surface area contributed by atoms with Crippen LogP contribution in [-0.4, -0.2) is 87.4 Å². The molecule has 0 heterocycles. The van der Waals surface area contributed by atoms with Crippen molar-refractivity contribution in [3.8, 4) is 0 Å². The van der Waals surface area contributed by atoms with Crippen LogP contribution in [0.2, 0.25) is 0 Å². The second kappa shape index (κ2) is 61.5. The first-order chi connectivity index (χ1) is 39.1. The largest absolute Gasteiger partial charge is 0.477 e. The van der Waals surface area contributed by atoms with E-state index in [1.807, 2.05) is 21.1 Å². The average molecular weight is 1120 g/mol. The average Bonchev–Trinajstić information content (AvgIpc) is 3.43. The number of hydrogen-bond donors (Lipinski definition) is 1. The van der Waals surface area contributed by atoms with Gasteiger partial charge in [-0.15, -0.1) is 0 Å². The zero-order valence-electron chi connectivity index (χ0n) is 52.7. The van der Waals surface area contributed by atoms with Crippen molar-refractivity contribution in [3.63, 3.8) is 0 Å². The van der Waals surface area contributed by atoms with E-state index in [9.17, 15) is 19.5 Å². The van der Waals surface area contributed by atoms with Gasteiger partial charge in [-0.2, -0.15) is 0 Å². The third-order valence-corrected chi connectivity index (χ3v) is 14.4. The Labute approximate surface area is 493 Å². The molecule has 2 unspecified atom stereocenters. The first-order valence-corrected chi connectivity index (χ1v) is 33.3. The molecule has 0 aromatic carbocycles. The number of carboxylic acids is 1. The van der Waals surface area contributed by atoms with Crippen molar-refractivity contribution in [1.29, 1.82) is 0 Å². The van der Waals surface area contributed by atoms with E-state index in [0.29, 0.717) is 17.4 Å². The van der Waals surface area contributed by atoms with Crippen LogP contribution in [0.25, 0.3) is 0 Å². The van der Waals surface area contributed by atoms with Gasteiger partial charge in [0.1, 0.15) is 13.2 Å². The highest BCUT2D eigenvalue weighted by molar-refractivity contribution is 5.71. The van der Waals surface area contributed by atoms with Gasteiger partial charge in [0.05, 0.1) is 34.4 Å². The Kier molecular flexibility index (Phi) is 58.8. The molecule has 0 aliphatic heterocycles. The molecule has 9 heteroatoms. The number of quaternary nitrogens is 1. The minimum atomic E-state index is -1.51. The Morgan fingerprint density at radius 1 is 0.388 bits per heavy atom. The number of hydrogen-bond acceptors (Lipinski definition) is 7. The molecule has 0 rings (SSSR count). The number of ether oxygens (including phenoxy) is 4. The molecule has 0 bridgehead atoms. The molecule has 2 atom stereocenters. The molecule has 80 heavy (non-hydrogen) atoms. The van der Waals surface area contributed by atoms with Crippen LogP contribution in [0.15, 0.2) is 85.1 Å². The first kappa shape index (κ1) is 76.5. The van der Waals surface area contributed by atoms with Gasteiger partial charge in [0, 0.05) is 12.8 Å². The molecule has 0 aliphatic carbocycles. The standard InChI is InChI=1S/C71H125NO8/c1-6-8-10-12-14-16-18-20-22-24-26-27-28-29-30-31-32-33-34-35-36-37-38-39-40-41-42-43-44-46-48-50-52-54-56-58-60-62-69(74)80-67(66-79-71(70(75)76)77-64-63-72(3,4)5)65-78-68(73)61-59-57-55-53-51-49-47-45-25-23-21-19-17-15-13-11-9-7-2/h8,10,14,16,20,22-23,25-27,29-30,32-33,67,71H,6-7,9,11-13,15,17-19,21,24,28,31,34-66H2,1-5H3/p+1/b10-8-,16-14-,22-20-,25-23-,27-26-,30-29-,33-32-. The lowest BCUT2D eigenvalue weighted by Gasteiger charge is -2.25. The molecular weight excluding hydrogens is 995 g/mol. The van der Waals surface area contributed by atoms with Crippen LogP contribution in [0.3, 0.4) is 0 Å². The fourth-order valence-electron chi connectivity index (χ4n) is 9.31. The van der Waals surface area contributed by atoms with Crippen molar-refractivity contribution in [2.24, 2.45) is 0 Å². The topological polar surface area (TPSA) is 108 Å². The lowest BCUT2D eigenvalue weighted by molar-refractivity contribution is -0.870. The molecule has 0 fully saturated rings. The second-order valence-corrected chi connectivity index (χ2v) is 23.4. The van der Waals surface area contributed by atoms with E-state index >= 15 is 0 Å². The summed E-state index contributed by atoms with van der Waals surface area (Å²) in [5.74, 6) is -2.00. The lowest BCUT2D eigenvalue weighted by atomic mass is 10.0. The highest BCUT2D eigenvalue weighted by Gasteiger charge is 2.25.